The first-order chi connectivity index (χ1) is 9.31. The highest BCUT2D eigenvalue weighted by Crippen LogP contribution is 2.30. The van der Waals surface area contributed by atoms with E-state index in [4.69, 9.17) is 4.74 Å². The van der Waals surface area contributed by atoms with Crippen LogP contribution in [-0.4, -0.2) is 31.7 Å². The van der Waals surface area contributed by atoms with Crippen LogP contribution >= 0.6 is 15.9 Å². The van der Waals surface area contributed by atoms with Crippen molar-refractivity contribution < 1.29 is 9.53 Å². The molecule has 0 aromatic carbocycles. The van der Waals surface area contributed by atoms with Gasteiger partial charge in [0.05, 0.1) is 10.2 Å². The fourth-order valence-corrected chi connectivity index (χ4v) is 3.89. The number of nitrogens with zero attached hydrogens (tertiary/aromatic N) is 1. The number of aromatic nitrogens is 1. The zero-order valence-corrected chi connectivity index (χ0v) is 15.3. The Morgan fingerprint density at radius 2 is 2.10 bits per heavy atom. The van der Waals surface area contributed by atoms with E-state index >= 15 is 0 Å². The van der Waals surface area contributed by atoms with Gasteiger partial charge in [-0.15, -0.1) is 0 Å². The lowest BCUT2D eigenvalue weighted by atomic mass is 10.0. The molecule has 1 aromatic heterocycles. The van der Waals surface area contributed by atoms with Crippen molar-refractivity contribution in [2.24, 2.45) is 0 Å². The molecule has 1 aliphatic heterocycles. The van der Waals surface area contributed by atoms with Crippen LogP contribution in [0.4, 0.5) is 0 Å². The molecule has 2 heterocycles. The summed E-state index contributed by atoms with van der Waals surface area (Å²) in [7, 11) is -1.05. The summed E-state index contributed by atoms with van der Waals surface area (Å²) in [5.41, 5.74) is 2.91. The van der Waals surface area contributed by atoms with Crippen LogP contribution in [0.5, 0.6) is 0 Å². The largest absolute Gasteiger partial charge is 0.361 e. The lowest BCUT2D eigenvalue weighted by Crippen LogP contribution is -2.31. The lowest BCUT2D eigenvalue weighted by Gasteiger charge is -2.16. The highest BCUT2D eigenvalue weighted by Gasteiger charge is 2.26. The van der Waals surface area contributed by atoms with E-state index in [2.05, 4.69) is 45.5 Å². The number of hydrogen-bond donors (Lipinski definition) is 1. The van der Waals surface area contributed by atoms with Gasteiger partial charge in [-0.1, -0.05) is 19.6 Å². The van der Waals surface area contributed by atoms with Crippen molar-refractivity contribution >= 4 is 29.9 Å². The Morgan fingerprint density at radius 3 is 2.70 bits per heavy atom. The van der Waals surface area contributed by atoms with Crippen molar-refractivity contribution in [1.29, 1.82) is 0 Å². The Kier molecular flexibility index (Phi) is 4.76. The number of hydrogen-bond acceptors (Lipinski definition) is 2. The first-order valence-corrected chi connectivity index (χ1v) is 11.5. The number of fused-ring (bicyclic) bond motifs is 1. The zero-order valence-electron chi connectivity index (χ0n) is 12.7. The summed E-state index contributed by atoms with van der Waals surface area (Å²) in [6, 6.07) is 1.16. The minimum Gasteiger partial charge on any atom is -0.361 e. The molecule has 6 heteroatoms. The van der Waals surface area contributed by atoms with Crippen molar-refractivity contribution in [2.45, 2.75) is 45.8 Å². The summed E-state index contributed by atoms with van der Waals surface area (Å²) in [5, 5.41) is 2.90. The Bertz CT molecular complexity index is 520. The quantitative estimate of drug-likeness (QED) is 0.648. The SMILES string of the molecule is Cc1c2c(c(Br)n1COCC[Si](C)(C)C)CCNC2=O. The molecule has 20 heavy (non-hydrogen) atoms. The molecule has 0 aliphatic carbocycles. The van der Waals surface area contributed by atoms with Crippen LogP contribution in [0.15, 0.2) is 4.60 Å². The monoisotopic (exact) mass is 358 g/mol. The van der Waals surface area contributed by atoms with E-state index in [1.807, 2.05) is 6.92 Å². The summed E-state index contributed by atoms with van der Waals surface area (Å²) >= 11 is 3.62. The van der Waals surface area contributed by atoms with Crippen molar-refractivity contribution in [1.82, 2.24) is 9.88 Å². The van der Waals surface area contributed by atoms with Gasteiger partial charge in [0, 0.05) is 26.9 Å². The maximum absolute atomic E-state index is 12.0. The highest BCUT2D eigenvalue weighted by molar-refractivity contribution is 9.10. The number of ether oxygens (including phenoxy) is 1. The number of halogens is 1. The maximum Gasteiger partial charge on any atom is 0.253 e. The molecule has 4 nitrogen and oxygen atoms in total. The third kappa shape index (κ3) is 3.35. The van der Waals surface area contributed by atoms with Crippen LogP contribution in [0.3, 0.4) is 0 Å². The molecule has 0 saturated carbocycles. The zero-order chi connectivity index (χ0) is 14.9. The van der Waals surface area contributed by atoms with Gasteiger partial charge >= 0.3 is 0 Å². The number of carbonyl (C=O) groups excluding carboxylic acids is 1. The Morgan fingerprint density at radius 1 is 1.40 bits per heavy atom. The van der Waals surface area contributed by atoms with Gasteiger partial charge in [-0.05, 0) is 40.9 Å². The van der Waals surface area contributed by atoms with E-state index in [9.17, 15) is 4.79 Å². The molecule has 1 aromatic rings. The molecule has 0 unspecified atom stereocenters. The third-order valence-corrected chi connectivity index (χ3v) is 6.27. The fourth-order valence-electron chi connectivity index (χ4n) is 2.37. The summed E-state index contributed by atoms with van der Waals surface area (Å²) in [6.07, 6.45) is 0.879. The molecule has 1 amide bonds. The van der Waals surface area contributed by atoms with Gasteiger partial charge in [0.15, 0.2) is 0 Å². The minimum absolute atomic E-state index is 0.0327. The lowest BCUT2D eigenvalue weighted by molar-refractivity contribution is 0.0844. The van der Waals surface area contributed by atoms with Crippen LogP contribution in [0, 0.1) is 6.92 Å². The molecule has 112 valence electrons. The number of nitrogens with one attached hydrogen (secondary N) is 1. The van der Waals surface area contributed by atoms with Gasteiger partial charge < -0.3 is 14.6 Å². The minimum atomic E-state index is -1.05. The predicted octanol–water partition coefficient (Wildman–Crippen LogP) is 3.16. The Balaban J connectivity index is 2.08. The molecule has 0 radical (unpaired) electrons. The van der Waals surface area contributed by atoms with Crippen LogP contribution in [0.1, 0.15) is 21.6 Å². The van der Waals surface area contributed by atoms with E-state index in [-0.39, 0.29) is 5.91 Å². The van der Waals surface area contributed by atoms with Gasteiger partial charge in [0.1, 0.15) is 6.73 Å². The number of carbonyl (C=O) groups is 1. The summed E-state index contributed by atoms with van der Waals surface area (Å²) in [4.78, 5) is 12.0. The topological polar surface area (TPSA) is 43.3 Å². The van der Waals surface area contributed by atoms with Crippen LogP contribution < -0.4 is 5.32 Å². The molecule has 0 saturated heterocycles. The first-order valence-electron chi connectivity index (χ1n) is 7.04. The van der Waals surface area contributed by atoms with Crippen LogP contribution in [0.25, 0.3) is 0 Å². The molecule has 0 atom stereocenters. The van der Waals surface area contributed by atoms with Gasteiger partial charge in [0.2, 0.25) is 0 Å². The van der Waals surface area contributed by atoms with Crippen LogP contribution in [-0.2, 0) is 17.9 Å². The number of amides is 1. The molecule has 0 bridgehead atoms. The van der Waals surface area contributed by atoms with Crippen molar-refractivity contribution in [3.8, 4) is 0 Å². The van der Waals surface area contributed by atoms with Gasteiger partial charge in [0.25, 0.3) is 5.91 Å². The molecule has 0 fully saturated rings. The van der Waals surface area contributed by atoms with E-state index in [0.717, 1.165) is 40.5 Å². The smallest absolute Gasteiger partial charge is 0.253 e. The van der Waals surface area contributed by atoms with Gasteiger partial charge in [-0.3, -0.25) is 4.79 Å². The van der Waals surface area contributed by atoms with Gasteiger partial charge in [-0.25, -0.2) is 0 Å². The van der Waals surface area contributed by atoms with E-state index in [0.29, 0.717) is 13.3 Å². The standard InChI is InChI=1S/C14H23BrN2O2Si/c1-10-12-11(5-6-16-14(12)18)13(15)17(10)9-19-7-8-20(2,3)4/h5-9H2,1-4H3,(H,16,18). The fraction of sp³-hybridized carbons (Fsp3) is 0.643. The molecular formula is C14H23BrN2O2Si. The highest BCUT2D eigenvalue weighted by atomic mass is 79.9. The molecule has 1 aliphatic rings. The second-order valence-corrected chi connectivity index (χ2v) is 12.9. The van der Waals surface area contributed by atoms with Crippen molar-refractivity contribution in [3.63, 3.8) is 0 Å². The van der Waals surface area contributed by atoms with Gasteiger partial charge in [-0.2, -0.15) is 0 Å². The molecule has 1 N–H and O–H groups in total. The summed E-state index contributed by atoms with van der Waals surface area (Å²) in [5.74, 6) is 0.0327. The molecule has 2 rings (SSSR count). The average molecular weight is 359 g/mol. The van der Waals surface area contributed by atoms with E-state index in [1.54, 1.807) is 0 Å². The second kappa shape index (κ2) is 6.03. The first kappa shape index (κ1) is 15.8. The van der Waals surface area contributed by atoms with Crippen LogP contribution in [0.2, 0.25) is 25.7 Å². The average Bonchev–Trinajstić information content (AvgIpc) is 2.59. The second-order valence-electron chi connectivity index (χ2n) is 6.51. The van der Waals surface area contributed by atoms with Crippen molar-refractivity contribution in [3.05, 3.63) is 21.4 Å². The predicted molar refractivity (Wildman–Crippen MR) is 87.0 cm³/mol. The number of rotatable bonds is 5. The summed E-state index contributed by atoms with van der Waals surface area (Å²) in [6.45, 7) is 11.0. The molecular weight excluding hydrogens is 336 g/mol. The maximum atomic E-state index is 12.0. The summed E-state index contributed by atoms with van der Waals surface area (Å²) < 4.78 is 8.86. The Labute approximate surface area is 130 Å². The Hall–Kier alpha value is -0.593. The van der Waals surface area contributed by atoms with E-state index < -0.39 is 8.07 Å². The third-order valence-electron chi connectivity index (χ3n) is 3.66. The van der Waals surface area contributed by atoms with Crippen molar-refractivity contribution in [2.75, 3.05) is 13.2 Å². The van der Waals surface area contributed by atoms with E-state index in [1.165, 1.54) is 0 Å². The normalized spacial score (nSPS) is 15.2. The molecule has 0 spiro atoms.